The van der Waals surface area contributed by atoms with Crippen LogP contribution in [-0.4, -0.2) is 0 Å². The minimum Gasteiger partial charge on any atom is -0.456 e. The van der Waals surface area contributed by atoms with Crippen molar-refractivity contribution in [2.45, 2.75) is 0 Å². The standard InChI is InChI=1S/C40H23NO3/c1-4-10-34-28(7-1)30-18-16-27(23-39(30)44-34)41(26-17-20-37-33(22-26)29-8-2-5-11-35(29)42-37)25-15-13-24-14-19-38-40(32(24)21-25)31-9-3-6-12-36(31)43-38/h1-23H. The first-order valence-electron chi connectivity index (χ1n) is 14.8. The van der Waals surface area contributed by atoms with Gasteiger partial charge >= 0.3 is 0 Å². The lowest BCUT2D eigenvalue weighted by Crippen LogP contribution is -2.09. The Hall–Kier alpha value is -6.00. The van der Waals surface area contributed by atoms with Crippen LogP contribution >= 0.6 is 0 Å². The molecule has 0 atom stereocenters. The highest BCUT2D eigenvalue weighted by atomic mass is 16.3. The zero-order chi connectivity index (χ0) is 28.8. The van der Waals surface area contributed by atoms with Crippen molar-refractivity contribution in [3.05, 3.63) is 140 Å². The third kappa shape index (κ3) is 3.33. The average molecular weight is 566 g/mol. The number of furan rings is 3. The largest absolute Gasteiger partial charge is 0.456 e. The molecular weight excluding hydrogens is 542 g/mol. The number of fused-ring (bicyclic) bond motifs is 11. The van der Waals surface area contributed by atoms with Crippen LogP contribution in [0.5, 0.6) is 0 Å². The second kappa shape index (κ2) is 8.76. The molecular formula is C40H23NO3. The Bertz CT molecular complexity index is 2740. The Kier molecular flexibility index (Phi) is 4.69. The first kappa shape index (κ1) is 23.6. The van der Waals surface area contributed by atoms with E-state index >= 15 is 0 Å². The zero-order valence-electron chi connectivity index (χ0n) is 23.5. The van der Waals surface area contributed by atoms with Gasteiger partial charge in [0.2, 0.25) is 0 Å². The van der Waals surface area contributed by atoms with Gasteiger partial charge in [-0.3, -0.25) is 0 Å². The Morgan fingerprint density at radius 2 is 0.795 bits per heavy atom. The summed E-state index contributed by atoms with van der Waals surface area (Å²) in [5.74, 6) is 0. The fraction of sp³-hybridized carbons (Fsp3) is 0. The molecule has 0 saturated carbocycles. The minimum absolute atomic E-state index is 0.854. The maximum Gasteiger partial charge on any atom is 0.137 e. The smallest absolute Gasteiger partial charge is 0.137 e. The van der Waals surface area contributed by atoms with Crippen LogP contribution in [0.1, 0.15) is 0 Å². The second-order valence-corrected chi connectivity index (χ2v) is 11.3. The predicted molar refractivity (Wildman–Crippen MR) is 180 cm³/mol. The molecule has 3 aromatic heterocycles. The van der Waals surface area contributed by atoms with Crippen molar-refractivity contribution < 1.29 is 13.3 Å². The van der Waals surface area contributed by atoms with Gasteiger partial charge in [-0.25, -0.2) is 0 Å². The lowest BCUT2D eigenvalue weighted by Gasteiger charge is -2.26. The van der Waals surface area contributed by atoms with Crippen molar-refractivity contribution in [3.63, 3.8) is 0 Å². The highest BCUT2D eigenvalue weighted by molar-refractivity contribution is 6.19. The summed E-state index contributed by atoms with van der Waals surface area (Å²) in [6, 6.07) is 48.4. The number of rotatable bonds is 3. The molecule has 0 amide bonds. The van der Waals surface area contributed by atoms with Gasteiger partial charge < -0.3 is 18.2 Å². The number of anilines is 3. The Morgan fingerprint density at radius 3 is 1.59 bits per heavy atom. The van der Waals surface area contributed by atoms with Crippen molar-refractivity contribution in [2.24, 2.45) is 0 Å². The van der Waals surface area contributed by atoms with Crippen LogP contribution in [0.4, 0.5) is 17.1 Å². The molecule has 0 radical (unpaired) electrons. The van der Waals surface area contributed by atoms with E-state index in [2.05, 4.69) is 108 Å². The molecule has 206 valence electrons. The van der Waals surface area contributed by atoms with E-state index in [4.69, 9.17) is 13.3 Å². The first-order chi connectivity index (χ1) is 21.8. The molecule has 7 aromatic carbocycles. The third-order valence-electron chi connectivity index (χ3n) is 8.84. The zero-order valence-corrected chi connectivity index (χ0v) is 23.5. The molecule has 3 heterocycles. The lowest BCUT2D eigenvalue weighted by atomic mass is 10.0. The molecule has 0 aliphatic carbocycles. The topological polar surface area (TPSA) is 42.7 Å². The summed E-state index contributed by atoms with van der Waals surface area (Å²) >= 11 is 0. The molecule has 0 spiro atoms. The molecule has 0 bridgehead atoms. The third-order valence-corrected chi connectivity index (χ3v) is 8.84. The van der Waals surface area contributed by atoms with E-state index in [1.54, 1.807) is 0 Å². The molecule has 10 aromatic rings. The monoisotopic (exact) mass is 565 g/mol. The van der Waals surface area contributed by atoms with Gasteiger partial charge in [0.1, 0.15) is 33.5 Å². The summed E-state index contributed by atoms with van der Waals surface area (Å²) in [4.78, 5) is 2.30. The van der Waals surface area contributed by atoms with E-state index in [1.165, 1.54) is 0 Å². The van der Waals surface area contributed by atoms with E-state index in [0.717, 1.165) is 93.7 Å². The maximum absolute atomic E-state index is 6.34. The number of benzene rings is 7. The van der Waals surface area contributed by atoms with Crippen molar-refractivity contribution in [1.29, 1.82) is 0 Å². The highest BCUT2D eigenvalue weighted by Gasteiger charge is 2.19. The number of hydrogen-bond acceptors (Lipinski definition) is 4. The van der Waals surface area contributed by atoms with Crippen LogP contribution in [0.3, 0.4) is 0 Å². The van der Waals surface area contributed by atoms with Crippen molar-refractivity contribution in [2.75, 3.05) is 4.90 Å². The summed E-state index contributed by atoms with van der Waals surface area (Å²) in [6.45, 7) is 0. The second-order valence-electron chi connectivity index (χ2n) is 11.3. The molecule has 0 fully saturated rings. The number of para-hydroxylation sites is 3. The van der Waals surface area contributed by atoms with Gasteiger partial charge in [0.15, 0.2) is 0 Å². The molecule has 0 saturated heterocycles. The van der Waals surface area contributed by atoms with Crippen LogP contribution in [0.25, 0.3) is 76.6 Å². The number of hydrogen-bond donors (Lipinski definition) is 0. The van der Waals surface area contributed by atoms with Crippen LogP contribution in [0, 0.1) is 0 Å². The van der Waals surface area contributed by atoms with E-state index < -0.39 is 0 Å². The van der Waals surface area contributed by atoms with Crippen molar-refractivity contribution >= 4 is 93.7 Å². The van der Waals surface area contributed by atoms with Gasteiger partial charge in [-0.1, -0.05) is 66.7 Å². The summed E-state index contributed by atoms with van der Waals surface area (Å²) in [7, 11) is 0. The van der Waals surface area contributed by atoms with Gasteiger partial charge in [-0.05, 0) is 77.5 Å². The average Bonchev–Trinajstić information content (AvgIpc) is 3.75. The molecule has 4 nitrogen and oxygen atoms in total. The van der Waals surface area contributed by atoms with Gasteiger partial charge in [-0.2, -0.15) is 0 Å². The van der Waals surface area contributed by atoms with Gasteiger partial charge in [0.05, 0.1) is 0 Å². The Labute approximate surface area is 250 Å². The Morgan fingerprint density at radius 1 is 0.318 bits per heavy atom. The fourth-order valence-corrected chi connectivity index (χ4v) is 6.82. The SMILES string of the molecule is c1ccc2c(c1)oc1cc(N(c3ccc4oc5ccccc5c4c3)c3ccc4ccc5oc6ccccc6c5c4c3)ccc12. The van der Waals surface area contributed by atoms with Crippen LogP contribution in [-0.2, 0) is 0 Å². The normalized spacial score (nSPS) is 12.1. The van der Waals surface area contributed by atoms with E-state index in [1.807, 2.05) is 36.4 Å². The lowest BCUT2D eigenvalue weighted by molar-refractivity contribution is 0.668. The quantitative estimate of drug-likeness (QED) is 0.214. The highest BCUT2D eigenvalue weighted by Crippen LogP contribution is 2.43. The fourth-order valence-electron chi connectivity index (χ4n) is 6.82. The summed E-state index contributed by atoms with van der Waals surface area (Å²) in [6.07, 6.45) is 0. The van der Waals surface area contributed by atoms with E-state index in [0.29, 0.717) is 0 Å². The molecule has 4 heteroatoms. The van der Waals surface area contributed by atoms with Crippen molar-refractivity contribution in [3.8, 4) is 0 Å². The predicted octanol–water partition coefficient (Wildman–Crippen LogP) is 12.0. The molecule has 0 unspecified atom stereocenters. The Balaban J connectivity index is 1.26. The van der Waals surface area contributed by atoms with Crippen LogP contribution in [0.2, 0.25) is 0 Å². The minimum atomic E-state index is 0.854. The molecule has 0 aliphatic heterocycles. The maximum atomic E-state index is 6.34. The molecule has 44 heavy (non-hydrogen) atoms. The van der Waals surface area contributed by atoms with Gasteiger partial charge in [0, 0.05) is 55.4 Å². The summed E-state index contributed by atoms with van der Waals surface area (Å²) < 4.78 is 18.8. The molecule has 10 rings (SSSR count). The number of nitrogens with zero attached hydrogens (tertiary/aromatic N) is 1. The van der Waals surface area contributed by atoms with Crippen LogP contribution in [0.15, 0.2) is 153 Å². The van der Waals surface area contributed by atoms with Crippen LogP contribution < -0.4 is 4.90 Å². The first-order valence-corrected chi connectivity index (χ1v) is 14.8. The summed E-state index contributed by atoms with van der Waals surface area (Å²) in [5, 5.41) is 8.96. The van der Waals surface area contributed by atoms with Gasteiger partial charge in [-0.15, -0.1) is 0 Å². The van der Waals surface area contributed by atoms with E-state index in [9.17, 15) is 0 Å². The molecule has 0 aliphatic rings. The van der Waals surface area contributed by atoms with Crippen molar-refractivity contribution in [1.82, 2.24) is 0 Å². The van der Waals surface area contributed by atoms with Gasteiger partial charge in [0.25, 0.3) is 0 Å². The summed E-state index contributed by atoms with van der Waals surface area (Å²) in [5.41, 5.74) is 8.35. The van der Waals surface area contributed by atoms with E-state index in [-0.39, 0.29) is 0 Å². The molecule has 0 N–H and O–H groups in total.